The van der Waals surface area contributed by atoms with Crippen LogP contribution in [0.5, 0.6) is 0 Å². The molecule has 1 atom stereocenters. The van der Waals surface area contributed by atoms with Gasteiger partial charge in [-0.05, 0) is 42.3 Å². The van der Waals surface area contributed by atoms with Crippen LogP contribution in [0.15, 0.2) is 47.4 Å². The molecule has 6 nitrogen and oxygen atoms in total. The number of alkyl halides is 3. The van der Waals surface area contributed by atoms with Gasteiger partial charge in [0.05, 0.1) is 28.0 Å². The van der Waals surface area contributed by atoms with Crippen molar-refractivity contribution in [2.75, 3.05) is 4.31 Å². The predicted molar refractivity (Wildman–Crippen MR) is 92.4 cm³/mol. The summed E-state index contributed by atoms with van der Waals surface area (Å²) in [6.45, 7) is 0. The molecule has 3 rings (SSSR count). The third-order valence-electron chi connectivity index (χ3n) is 4.14. The monoisotopic (exact) mass is 420 g/mol. The molecule has 0 fully saturated rings. The minimum Gasteiger partial charge on any atom is -0.262 e. The summed E-state index contributed by atoms with van der Waals surface area (Å²) in [7, 11) is -4.36. The first-order valence-corrected chi connectivity index (χ1v) is 9.45. The Bertz CT molecular complexity index is 994. The zero-order valence-corrected chi connectivity index (χ0v) is 15.1. The number of nitrogens with zero attached hydrogens (tertiary/aromatic N) is 2. The van der Waals surface area contributed by atoms with Crippen LogP contribution < -0.4 is 4.31 Å². The number of halogens is 4. The largest absolute Gasteiger partial charge is 0.391 e. The fourth-order valence-electron chi connectivity index (χ4n) is 3.07. The molecule has 1 aliphatic rings. The molecule has 1 heterocycles. The van der Waals surface area contributed by atoms with Crippen molar-refractivity contribution >= 4 is 33.0 Å². The molecule has 0 saturated carbocycles. The molecule has 2 aromatic carbocycles. The van der Waals surface area contributed by atoms with Gasteiger partial charge in [-0.1, -0.05) is 11.6 Å². The lowest BCUT2D eigenvalue weighted by atomic mass is 10.1. The number of hydrogen-bond acceptors (Lipinski definition) is 4. The molecule has 0 saturated heterocycles. The highest BCUT2D eigenvalue weighted by Crippen LogP contribution is 2.41. The molecule has 144 valence electrons. The maximum absolute atomic E-state index is 13.0. The molecule has 1 aliphatic heterocycles. The zero-order valence-electron chi connectivity index (χ0n) is 13.5. The SMILES string of the molecule is O=[N+]([O-])c1ccc(S(=O)(=O)N2c3ccc(Cl)cc3CC2CC(F)(F)F)cc1. The first kappa shape index (κ1) is 19.4. The molecule has 0 radical (unpaired) electrons. The standard InChI is InChI=1S/C16H12ClF3N2O4S/c17-11-1-6-15-10(7-11)8-13(9-16(18,19)20)21(15)27(25,26)14-4-2-12(3-5-14)22(23)24/h1-7,13H,8-9H2. The predicted octanol–water partition coefficient (Wildman–Crippen LogP) is 4.32. The summed E-state index contributed by atoms with van der Waals surface area (Å²) in [5.74, 6) is 0. The van der Waals surface area contributed by atoms with Gasteiger partial charge in [0.25, 0.3) is 15.7 Å². The molecule has 0 N–H and O–H groups in total. The molecule has 0 amide bonds. The van der Waals surface area contributed by atoms with Gasteiger partial charge in [-0.3, -0.25) is 14.4 Å². The van der Waals surface area contributed by atoms with Crippen molar-refractivity contribution < 1.29 is 26.5 Å². The third kappa shape index (κ3) is 3.86. The highest BCUT2D eigenvalue weighted by molar-refractivity contribution is 7.92. The van der Waals surface area contributed by atoms with Gasteiger partial charge >= 0.3 is 6.18 Å². The van der Waals surface area contributed by atoms with E-state index in [1.807, 2.05) is 0 Å². The Morgan fingerprint density at radius 1 is 1.19 bits per heavy atom. The van der Waals surface area contributed by atoms with Crippen LogP contribution in [0.4, 0.5) is 24.5 Å². The van der Waals surface area contributed by atoms with E-state index >= 15 is 0 Å². The van der Waals surface area contributed by atoms with Crippen molar-refractivity contribution in [3.8, 4) is 0 Å². The summed E-state index contributed by atoms with van der Waals surface area (Å²) in [5, 5.41) is 11.0. The zero-order chi connectivity index (χ0) is 20.0. The Balaban J connectivity index is 2.07. The Morgan fingerprint density at radius 3 is 2.37 bits per heavy atom. The van der Waals surface area contributed by atoms with Gasteiger partial charge in [0.1, 0.15) is 0 Å². The van der Waals surface area contributed by atoms with Gasteiger partial charge in [-0.15, -0.1) is 0 Å². The van der Waals surface area contributed by atoms with Gasteiger partial charge < -0.3 is 0 Å². The number of benzene rings is 2. The van der Waals surface area contributed by atoms with E-state index in [2.05, 4.69) is 0 Å². The molecular formula is C16H12ClF3N2O4S. The second kappa shape index (κ2) is 6.68. The lowest BCUT2D eigenvalue weighted by Crippen LogP contribution is -2.40. The second-order valence-corrected chi connectivity index (χ2v) is 8.25. The smallest absolute Gasteiger partial charge is 0.262 e. The van der Waals surface area contributed by atoms with Crippen LogP contribution in [0.25, 0.3) is 0 Å². The second-order valence-electron chi connectivity index (χ2n) is 6.00. The van der Waals surface area contributed by atoms with Crippen molar-refractivity contribution in [1.29, 1.82) is 0 Å². The van der Waals surface area contributed by atoms with Crippen LogP contribution in [0.2, 0.25) is 5.02 Å². The van der Waals surface area contributed by atoms with E-state index in [1.165, 1.54) is 18.2 Å². The first-order chi connectivity index (χ1) is 12.5. The Kier molecular flexibility index (Phi) is 4.81. The topological polar surface area (TPSA) is 80.5 Å². The van der Waals surface area contributed by atoms with Crippen LogP contribution in [-0.4, -0.2) is 25.6 Å². The van der Waals surface area contributed by atoms with Crippen molar-refractivity contribution in [2.24, 2.45) is 0 Å². The van der Waals surface area contributed by atoms with Crippen molar-refractivity contribution in [1.82, 2.24) is 0 Å². The van der Waals surface area contributed by atoms with Crippen LogP contribution in [-0.2, 0) is 16.4 Å². The average Bonchev–Trinajstić information content (AvgIpc) is 2.90. The number of fused-ring (bicyclic) bond motifs is 1. The molecule has 0 aliphatic carbocycles. The molecular weight excluding hydrogens is 409 g/mol. The fraction of sp³-hybridized carbons (Fsp3) is 0.250. The van der Waals surface area contributed by atoms with E-state index in [-0.39, 0.29) is 27.7 Å². The molecule has 0 spiro atoms. The maximum Gasteiger partial charge on any atom is 0.391 e. The highest BCUT2D eigenvalue weighted by Gasteiger charge is 2.44. The van der Waals surface area contributed by atoms with E-state index in [1.54, 1.807) is 0 Å². The lowest BCUT2D eigenvalue weighted by molar-refractivity contribution is -0.384. The van der Waals surface area contributed by atoms with Crippen LogP contribution in [0, 0.1) is 10.1 Å². The molecule has 0 aromatic heterocycles. The van der Waals surface area contributed by atoms with Crippen molar-refractivity contribution in [3.05, 3.63) is 63.2 Å². The highest BCUT2D eigenvalue weighted by atomic mass is 35.5. The van der Waals surface area contributed by atoms with Gasteiger partial charge in [-0.25, -0.2) is 8.42 Å². The number of nitro benzene ring substituents is 1. The quantitative estimate of drug-likeness (QED) is 0.545. The van der Waals surface area contributed by atoms with Crippen LogP contribution in [0.3, 0.4) is 0 Å². The molecule has 2 aromatic rings. The van der Waals surface area contributed by atoms with E-state index in [4.69, 9.17) is 11.6 Å². The number of nitro groups is 1. The van der Waals surface area contributed by atoms with E-state index in [0.717, 1.165) is 28.6 Å². The summed E-state index contributed by atoms with van der Waals surface area (Å²) in [6.07, 6.45) is -6.03. The van der Waals surface area contributed by atoms with E-state index < -0.39 is 33.6 Å². The average molecular weight is 421 g/mol. The number of rotatable bonds is 4. The summed E-state index contributed by atoms with van der Waals surface area (Å²) in [6, 6.07) is 6.82. The molecule has 1 unspecified atom stereocenters. The lowest BCUT2D eigenvalue weighted by Gasteiger charge is -2.27. The Labute approximate surface area is 157 Å². The summed E-state index contributed by atoms with van der Waals surface area (Å²) in [4.78, 5) is 9.70. The normalized spacial score (nSPS) is 17.0. The van der Waals surface area contributed by atoms with E-state index in [9.17, 15) is 31.7 Å². The fourth-order valence-corrected chi connectivity index (χ4v) is 4.95. The molecule has 0 bridgehead atoms. The summed E-state index contributed by atoms with van der Waals surface area (Å²) >= 11 is 5.88. The summed E-state index contributed by atoms with van der Waals surface area (Å²) in [5.41, 5.74) is 0.184. The van der Waals surface area contributed by atoms with Crippen molar-refractivity contribution in [3.63, 3.8) is 0 Å². The molecule has 27 heavy (non-hydrogen) atoms. The van der Waals surface area contributed by atoms with Crippen LogP contribution >= 0.6 is 11.6 Å². The first-order valence-electron chi connectivity index (χ1n) is 7.63. The minimum absolute atomic E-state index is 0.118. The number of anilines is 1. The van der Waals surface area contributed by atoms with Gasteiger partial charge in [0, 0.05) is 17.2 Å². The third-order valence-corrected chi connectivity index (χ3v) is 6.25. The Hall–Kier alpha value is -2.33. The Morgan fingerprint density at radius 2 is 1.81 bits per heavy atom. The summed E-state index contributed by atoms with van der Waals surface area (Å²) < 4.78 is 65.7. The van der Waals surface area contributed by atoms with Gasteiger partial charge in [-0.2, -0.15) is 13.2 Å². The van der Waals surface area contributed by atoms with Gasteiger partial charge in [0.15, 0.2) is 0 Å². The number of sulfonamides is 1. The van der Waals surface area contributed by atoms with Crippen LogP contribution in [0.1, 0.15) is 12.0 Å². The van der Waals surface area contributed by atoms with E-state index in [0.29, 0.717) is 5.56 Å². The minimum atomic E-state index is -4.57. The van der Waals surface area contributed by atoms with Crippen molar-refractivity contribution in [2.45, 2.75) is 30.0 Å². The maximum atomic E-state index is 13.0. The molecule has 11 heteroatoms. The number of hydrogen-bond donors (Lipinski definition) is 0. The number of non-ortho nitro benzene ring substituents is 1. The van der Waals surface area contributed by atoms with Gasteiger partial charge in [0.2, 0.25) is 0 Å².